The predicted octanol–water partition coefficient (Wildman–Crippen LogP) is 5.71. The van der Waals surface area contributed by atoms with Gasteiger partial charge in [0.05, 0.1) is 0 Å². The fourth-order valence-electron chi connectivity index (χ4n) is 2.28. The molecule has 0 radical (unpaired) electrons. The van der Waals surface area contributed by atoms with Crippen LogP contribution in [0.3, 0.4) is 0 Å². The molecule has 8 heteroatoms. The van der Waals surface area contributed by atoms with E-state index in [4.69, 9.17) is 4.41 Å². The Balaban J connectivity index is 5.88. The van der Waals surface area contributed by atoms with Crippen LogP contribution in [0.4, 0.5) is 0 Å². The third-order valence-electron chi connectivity index (χ3n) is 2.29. The smallest absolute Gasteiger partial charge is 0.153 e. The van der Waals surface area contributed by atoms with Crippen molar-refractivity contribution in [2.45, 2.75) is 78.6 Å². The number of hydrogen-bond donors (Lipinski definition) is 1. The Kier molecular flexibility index (Phi) is 6.85. The average molecular weight is 367 g/mol. The zero-order valence-electron chi connectivity index (χ0n) is 15.8. The number of hydrogen-bond acceptors (Lipinski definition) is 1. The summed E-state index contributed by atoms with van der Waals surface area (Å²) in [5.74, 6) is 0. The molecule has 0 aliphatic rings. The van der Waals surface area contributed by atoms with Gasteiger partial charge in [-0.25, -0.2) is 0 Å². The minimum absolute atomic E-state index is 0.521. The molecule has 0 aromatic rings. The van der Waals surface area contributed by atoms with Crippen molar-refractivity contribution >= 4 is 41.0 Å². The van der Waals surface area contributed by atoms with Crippen LogP contribution in [-0.4, -0.2) is 36.9 Å². The van der Waals surface area contributed by atoms with Gasteiger partial charge in [-0.3, -0.25) is 0 Å². The lowest BCUT2D eigenvalue weighted by molar-refractivity contribution is 0.962. The van der Waals surface area contributed by atoms with E-state index in [2.05, 4.69) is 87.3 Å². The molecule has 0 heterocycles. The molecule has 20 heavy (non-hydrogen) atoms. The topological polar surface area (TPSA) is 27.6 Å². The second-order valence-electron chi connectivity index (χ2n) is 9.58. The fourth-order valence-corrected chi connectivity index (χ4v) is 22.7. The summed E-state index contributed by atoms with van der Waals surface area (Å²) < 4.78 is 12.2. The minimum atomic E-state index is -1.42. The highest BCUT2D eigenvalue weighted by Crippen LogP contribution is 2.40. The molecule has 0 fully saturated rings. The van der Waals surface area contributed by atoms with Crippen LogP contribution >= 0.6 is 8.01 Å². The second-order valence-corrected chi connectivity index (χ2v) is 31.9. The van der Waals surface area contributed by atoms with Gasteiger partial charge in [-0.1, -0.05) is 58.9 Å². The van der Waals surface area contributed by atoms with Gasteiger partial charge < -0.3 is 0 Å². The van der Waals surface area contributed by atoms with E-state index >= 15 is 0 Å². The van der Waals surface area contributed by atoms with Gasteiger partial charge >= 0.3 is 8.01 Å². The molecule has 0 saturated carbocycles. The summed E-state index contributed by atoms with van der Waals surface area (Å²) >= 11 is 0. The number of rotatable bonds is 6. The number of nitrogens with zero attached hydrogens (tertiary/aromatic N) is 2. The van der Waals surface area contributed by atoms with Crippen LogP contribution in [0.5, 0.6) is 0 Å². The van der Waals surface area contributed by atoms with Crippen molar-refractivity contribution in [3.63, 3.8) is 0 Å². The van der Waals surface area contributed by atoms with Crippen molar-refractivity contribution < 1.29 is 0 Å². The Hall–Kier alpha value is 0.888. The van der Waals surface area contributed by atoms with Gasteiger partial charge in [0.25, 0.3) is 0 Å². The maximum Gasteiger partial charge on any atom is 0.362 e. The number of nitrogens with one attached hydrogen (secondary N) is 1. The normalized spacial score (nSPS) is 15.9. The van der Waals surface area contributed by atoms with Crippen LogP contribution in [0.1, 0.15) is 0 Å². The Morgan fingerprint density at radius 2 is 1.05 bits per heavy atom. The molecule has 0 spiro atoms. The zero-order chi connectivity index (χ0) is 16.6. The van der Waals surface area contributed by atoms with E-state index in [-0.39, 0.29) is 0 Å². The summed E-state index contributed by atoms with van der Waals surface area (Å²) in [5.41, 5.74) is 0. The van der Waals surface area contributed by atoms with Gasteiger partial charge in [0, 0.05) is 0 Å². The lowest BCUT2D eigenvalue weighted by atomic mass is 11.8. The summed E-state index contributed by atoms with van der Waals surface area (Å²) in [7, 11) is -6.02. The van der Waals surface area contributed by atoms with E-state index in [9.17, 15) is 0 Å². The molecule has 120 valence electrons. The van der Waals surface area contributed by atoms with Crippen molar-refractivity contribution in [3.05, 3.63) is 0 Å². The van der Waals surface area contributed by atoms with E-state index in [1.54, 1.807) is 0 Å². The van der Waals surface area contributed by atoms with Crippen LogP contribution in [0, 0.1) is 0 Å². The van der Waals surface area contributed by atoms with E-state index in [0.29, 0.717) is 0 Å². The van der Waals surface area contributed by atoms with E-state index in [1.165, 1.54) is 0 Å². The van der Waals surface area contributed by atoms with Crippen LogP contribution in [0.25, 0.3) is 0 Å². The van der Waals surface area contributed by atoms with Crippen molar-refractivity contribution in [1.82, 2.24) is 8.75 Å². The van der Waals surface area contributed by atoms with E-state index in [1.807, 2.05) is 0 Å². The monoisotopic (exact) mass is 366 g/mol. The summed E-state index contributed by atoms with van der Waals surface area (Å²) in [6.07, 6.45) is 0. The summed E-state index contributed by atoms with van der Waals surface area (Å²) in [6, 6.07) is 0. The molecular weight excluding hydrogens is 329 g/mol. The van der Waals surface area contributed by atoms with Crippen LogP contribution in [0.2, 0.25) is 78.6 Å². The third kappa shape index (κ3) is 8.36. The first-order chi connectivity index (χ1) is 8.43. The lowest BCUT2D eigenvalue weighted by Crippen LogP contribution is -2.57. The first-order valence-corrected chi connectivity index (χ1v) is 22.6. The SMILES string of the molecule is C[Si](C)(C)N=[P+](N[Si](C)(C)C)N([Si](C)(C)C)[Si](C)(C)C. The molecule has 0 rings (SSSR count). The molecule has 0 bridgehead atoms. The first kappa shape index (κ1) is 20.9. The Labute approximate surface area is 132 Å². The third-order valence-corrected chi connectivity index (χ3v) is 20.6. The molecule has 0 saturated heterocycles. The van der Waals surface area contributed by atoms with Crippen LogP contribution in [0.15, 0.2) is 4.41 Å². The second kappa shape index (κ2) is 6.56. The van der Waals surface area contributed by atoms with Gasteiger partial charge in [0.2, 0.25) is 8.24 Å². The molecule has 0 aliphatic heterocycles. The highest BCUT2D eigenvalue weighted by molar-refractivity contribution is 7.52. The largest absolute Gasteiger partial charge is 0.362 e. The van der Waals surface area contributed by atoms with Crippen LogP contribution < -0.4 is 4.75 Å². The van der Waals surface area contributed by atoms with Gasteiger partial charge in [0.1, 0.15) is 0 Å². The molecule has 3 nitrogen and oxygen atoms in total. The van der Waals surface area contributed by atoms with Gasteiger partial charge in [-0.05, 0) is 19.6 Å². The molecule has 1 atom stereocenters. The highest BCUT2D eigenvalue weighted by atomic mass is 31.1. The summed E-state index contributed by atoms with van der Waals surface area (Å²) in [4.78, 5) is 0. The maximum absolute atomic E-state index is 5.35. The first-order valence-electron chi connectivity index (χ1n) is 7.54. The van der Waals surface area contributed by atoms with Crippen molar-refractivity contribution in [1.29, 1.82) is 0 Å². The average Bonchev–Trinajstić information content (AvgIpc) is 1.87. The summed E-state index contributed by atoms with van der Waals surface area (Å²) in [5, 5.41) is 0. The lowest BCUT2D eigenvalue weighted by Gasteiger charge is -2.36. The van der Waals surface area contributed by atoms with Crippen LogP contribution in [-0.2, 0) is 0 Å². The van der Waals surface area contributed by atoms with Crippen molar-refractivity contribution in [2.75, 3.05) is 0 Å². The molecule has 1 N–H and O–H groups in total. The highest BCUT2D eigenvalue weighted by Gasteiger charge is 2.48. The van der Waals surface area contributed by atoms with Gasteiger partial charge in [-0.15, -0.1) is 9.16 Å². The van der Waals surface area contributed by atoms with Gasteiger partial charge in [0.15, 0.2) is 24.7 Å². The van der Waals surface area contributed by atoms with Gasteiger partial charge in [-0.2, -0.15) is 4.00 Å². The quantitative estimate of drug-likeness (QED) is 0.481. The fraction of sp³-hybridized carbons (Fsp3) is 1.00. The van der Waals surface area contributed by atoms with E-state index in [0.717, 1.165) is 0 Å². The molecule has 0 aromatic carbocycles. The minimum Gasteiger partial charge on any atom is -0.153 e. The Morgan fingerprint density at radius 3 is 1.25 bits per heavy atom. The molecular formula is C12H37N3PSi4+. The van der Waals surface area contributed by atoms with Crippen molar-refractivity contribution in [2.24, 2.45) is 4.41 Å². The molecule has 1 unspecified atom stereocenters. The molecule has 0 aliphatic carbocycles. The summed E-state index contributed by atoms with van der Waals surface area (Å²) in [6.45, 7) is 29.1. The molecule has 0 aromatic heterocycles. The zero-order valence-corrected chi connectivity index (χ0v) is 20.7. The standard InChI is InChI=1S/C12H37N3PSi4/c1-17(2,3)13-16(14-18(4,5)6)15(19(7,8)9)20(10,11)12/h1-12H3,(H,13,14)/q+1. The Morgan fingerprint density at radius 1 is 0.700 bits per heavy atom. The van der Waals surface area contributed by atoms with E-state index < -0.39 is 41.0 Å². The molecule has 0 amide bonds. The predicted molar refractivity (Wildman–Crippen MR) is 108 cm³/mol. The Bertz CT molecular complexity index is 345. The maximum atomic E-state index is 5.35. The van der Waals surface area contributed by atoms with Crippen molar-refractivity contribution in [3.8, 4) is 0 Å².